The Kier molecular flexibility index (Phi) is 3.92. The maximum atomic E-state index is 3.70. The quantitative estimate of drug-likeness (QED) is 0.822. The Morgan fingerprint density at radius 3 is 2.67 bits per heavy atom. The van der Waals surface area contributed by atoms with Gasteiger partial charge in [-0.3, -0.25) is 4.90 Å². The Morgan fingerprint density at radius 2 is 2.00 bits per heavy atom. The van der Waals surface area contributed by atoms with Crippen LogP contribution in [0.4, 0.5) is 0 Å². The maximum Gasteiger partial charge on any atom is 0.0210 e. The van der Waals surface area contributed by atoms with Crippen molar-refractivity contribution in [2.75, 3.05) is 19.3 Å². The van der Waals surface area contributed by atoms with Crippen LogP contribution in [0.25, 0.3) is 0 Å². The summed E-state index contributed by atoms with van der Waals surface area (Å²) in [6, 6.07) is 10.5. The highest BCUT2D eigenvalue weighted by molar-refractivity contribution is 7.98. The van der Waals surface area contributed by atoms with Crippen molar-refractivity contribution in [3.05, 3.63) is 29.8 Å². The molecule has 1 atom stereocenters. The summed E-state index contributed by atoms with van der Waals surface area (Å²) in [5.74, 6) is 0. The lowest BCUT2D eigenvalue weighted by Crippen LogP contribution is -2.32. The molecule has 2 nitrogen and oxygen atoms in total. The first-order chi connectivity index (χ1) is 8.85. The number of nitrogens with zero attached hydrogens (tertiary/aromatic N) is 1. The molecule has 1 saturated carbocycles. The van der Waals surface area contributed by atoms with Gasteiger partial charge in [0.05, 0.1) is 0 Å². The van der Waals surface area contributed by atoms with E-state index in [0.29, 0.717) is 6.04 Å². The first-order valence-electron chi connectivity index (χ1n) is 6.95. The highest BCUT2D eigenvalue weighted by Crippen LogP contribution is 2.29. The van der Waals surface area contributed by atoms with E-state index < -0.39 is 0 Å². The van der Waals surface area contributed by atoms with Crippen molar-refractivity contribution in [3.8, 4) is 0 Å². The number of nitrogens with one attached hydrogen (secondary N) is 1. The van der Waals surface area contributed by atoms with E-state index in [1.54, 1.807) is 11.8 Å². The van der Waals surface area contributed by atoms with Gasteiger partial charge in [-0.15, -0.1) is 11.8 Å². The molecule has 0 amide bonds. The Bertz CT molecular complexity index is 386. The first kappa shape index (κ1) is 12.5. The molecule has 1 saturated heterocycles. The summed E-state index contributed by atoms with van der Waals surface area (Å²) in [4.78, 5) is 4.01. The van der Waals surface area contributed by atoms with E-state index in [4.69, 9.17) is 0 Å². The number of benzene rings is 1. The predicted molar refractivity (Wildman–Crippen MR) is 78.1 cm³/mol. The number of hydrogen-bond acceptors (Lipinski definition) is 3. The summed E-state index contributed by atoms with van der Waals surface area (Å²) in [6.45, 7) is 3.57. The van der Waals surface area contributed by atoms with E-state index in [0.717, 1.165) is 12.6 Å². The molecule has 1 N–H and O–H groups in total. The molecular formula is C15H22N2S. The molecule has 1 aromatic carbocycles. The monoisotopic (exact) mass is 262 g/mol. The van der Waals surface area contributed by atoms with E-state index in [2.05, 4.69) is 40.7 Å². The minimum atomic E-state index is 0.700. The van der Waals surface area contributed by atoms with Gasteiger partial charge in [0, 0.05) is 36.6 Å². The standard InChI is InChI=1S/C15H22N2S/c1-18-15-6-2-12(3-7-15)10-16-13-8-9-17(11-13)14-4-5-14/h2-3,6-7,13-14,16H,4-5,8-11H2,1H3. The van der Waals surface area contributed by atoms with Gasteiger partial charge in [0.15, 0.2) is 0 Å². The molecule has 3 rings (SSSR count). The molecule has 2 fully saturated rings. The lowest BCUT2D eigenvalue weighted by molar-refractivity contribution is 0.317. The van der Waals surface area contributed by atoms with Crippen molar-refractivity contribution in [1.82, 2.24) is 10.2 Å². The van der Waals surface area contributed by atoms with E-state index in [1.165, 1.54) is 42.8 Å². The molecule has 0 bridgehead atoms. The number of thioether (sulfide) groups is 1. The van der Waals surface area contributed by atoms with Gasteiger partial charge in [0.2, 0.25) is 0 Å². The second-order valence-electron chi connectivity index (χ2n) is 5.44. The highest BCUT2D eigenvalue weighted by atomic mass is 32.2. The van der Waals surface area contributed by atoms with Crippen molar-refractivity contribution in [2.45, 2.75) is 42.8 Å². The Morgan fingerprint density at radius 1 is 1.22 bits per heavy atom. The van der Waals surface area contributed by atoms with Crippen LogP contribution in [0.2, 0.25) is 0 Å². The fourth-order valence-corrected chi connectivity index (χ4v) is 3.14. The average Bonchev–Trinajstić information content (AvgIpc) is 3.16. The van der Waals surface area contributed by atoms with Crippen LogP contribution in [0, 0.1) is 0 Å². The van der Waals surface area contributed by atoms with Crippen LogP contribution in [0.3, 0.4) is 0 Å². The molecule has 0 aromatic heterocycles. The highest BCUT2D eigenvalue weighted by Gasteiger charge is 2.33. The van der Waals surface area contributed by atoms with Gasteiger partial charge in [-0.2, -0.15) is 0 Å². The van der Waals surface area contributed by atoms with E-state index in [-0.39, 0.29) is 0 Å². The van der Waals surface area contributed by atoms with Crippen LogP contribution in [-0.2, 0) is 6.54 Å². The third-order valence-corrected chi connectivity index (χ3v) is 4.78. The molecule has 1 unspecified atom stereocenters. The SMILES string of the molecule is CSc1ccc(CNC2CCN(C3CC3)C2)cc1. The molecule has 1 aliphatic heterocycles. The third-order valence-electron chi connectivity index (χ3n) is 4.04. The Hall–Kier alpha value is -0.510. The Balaban J connectivity index is 1.45. The zero-order valence-electron chi connectivity index (χ0n) is 11.1. The van der Waals surface area contributed by atoms with E-state index >= 15 is 0 Å². The van der Waals surface area contributed by atoms with Crippen molar-refractivity contribution in [2.24, 2.45) is 0 Å². The van der Waals surface area contributed by atoms with Crippen molar-refractivity contribution < 1.29 is 0 Å². The largest absolute Gasteiger partial charge is 0.309 e. The summed E-state index contributed by atoms with van der Waals surface area (Å²) >= 11 is 1.80. The van der Waals surface area contributed by atoms with Gasteiger partial charge in [-0.1, -0.05) is 12.1 Å². The zero-order chi connectivity index (χ0) is 12.4. The summed E-state index contributed by atoms with van der Waals surface area (Å²) in [6.07, 6.45) is 6.31. The fraction of sp³-hybridized carbons (Fsp3) is 0.600. The first-order valence-corrected chi connectivity index (χ1v) is 8.18. The van der Waals surface area contributed by atoms with Gasteiger partial charge >= 0.3 is 0 Å². The van der Waals surface area contributed by atoms with Gasteiger partial charge in [-0.25, -0.2) is 0 Å². The number of hydrogen-bond donors (Lipinski definition) is 1. The normalized spacial score (nSPS) is 24.6. The molecule has 1 aromatic rings. The summed E-state index contributed by atoms with van der Waals surface area (Å²) in [5, 5.41) is 3.70. The van der Waals surface area contributed by atoms with Gasteiger partial charge in [0.1, 0.15) is 0 Å². The molecular weight excluding hydrogens is 240 g/mol. The molecule has 1 aliphatic carbocycles. The molecule has 3 heteroatoms. The summed E-state index contributed by atoms with van der Waals surface area (Å²) < 4.78 is 0. The second kappa shape index (κ2) is 5.64. The van der Waals surface area contributed by atoms with Crippen LogP contribution in [0.1, 0.15) is 24.8 Å². The minimum Gasteiger partial charge on any atom is -0.309 e. The van der Waals surface area contributed by atoms with Crippen molar-refractivity contribution >= 4 is 11.8 Å². The van der Waals surface area contributed by atoms with E-state index in [1.807, 2.05) is 0 Å². The smallest absolute Gasteiger partial charge is 0.0210 e. The average molecular weight is 262 g/mol. The third kappa shape index (κ3) is 3.08. The molecule has 0 spiro atoms. The lowest BCUT2D eigenvalue weighted by Gasteiger charge is -2.15. The van der Waals surface area contributed by atoms with Crippen LogP contribution in [0.15, 0.2) is 29.2 Å². The van der Waals surface area contributed by atoms with Crippen LogP contribution in [-0.4, -0.2) is 36.3 Å². The topological polar surface area (TPSA) is 15.3 Å². The molecule has 1 heterocycles. The molecule has 98 valence electrons. The van der Waals surface area contributed by atoms with Crippen molar-refractivity contribution in [3.63, 3.8) is 0 Å². The minimum absolute atomic E-state index is 0.700. The fourth-order valence-electron chi connectivity index (χ4n) is 2.73. The van der Waals surface area contributed by atoms with Gasteiger partial charge in [0.25, 0.3) is 0 Å². The second-order valence-corrected chi connectivity index (χ2v) is 6.32. The van der Waals surface area contributed by atoms with Crippen molar-refractivity contribution in [1.29, 1.82) is 0 Å². The molecule has 2 aliphatic rings. The predicted octanol–water partition coefficient (Wildman–Crippen LogP) is 2.73. The summed E-state index contributed by atoms with van der Waals surface area (Å²) in [5.41, 5.74) is 1.40. The molecule has 0 radical (unpaired) electrons. The van der Waals surface area contributed by atoms with Gasteiger partial charge < -0.3 is 5.32 Å². The maximum absolute atomic E-state index is 3.70. The van der Waals surface area contributed by atoms with E-state index in [9.17, 15) is 0 Å². The van der Waals surface area contributed by atoms with Gasteiger partial charge in [-0.05, 0) is 43.2 Å². The van der Waals surface area contributed by atoms with Crippen LogP contribution in [0.5, 0.6) is 0 Å². The Labute approximate surface area is 114 Å². The lowest BCUT2D eigenvalue weighted by atomic mass is 10.2. The summed E-state index contributed by atoms with van der Waals surface area (Å²) in [7, 11) is 0. The van der Waals surface area contributed by atoms with Crippen LogP contribution < -0.4 is 5.32 Å². The zero-order valence-corrected chi connectivity index (χ0v) is 11.9. The number of likely N-dealkylation sites (tertiary alicyclic amines) is 1. The van der Waals surface area contributed by atoms with Crippen LogP contribution >= 0.6 is 11.8 Å². The molecule has 18 heavy (non-hydrogen) atoms. The number of rotatable bonds is 5.